The number of rotatable bonds is 6. The quantitative estimate of drug-likeness (QED) is 0.665. The molecule has 1 saturated heterocycles. The topological polar surface area (TPSA) is 50.2 Å². The number of hydrogen-bond acceptors (Lipinski definition) is 3. The molecule has 1 aromatic heterocycles. The van der Waals surface area contributed by atoms with E-state index in [1.165, 1.54) is 30.4 Å². The second-order valence-electron chi connectivity index (χ2n) is 8.13. The van der Waals surface area contributed by atoms with Crippen molar-refractivity contribution in [2.45, 2.75) is 46.2 Å². The van der Waals surface area contributed by atoms with Crippen molar-refractivity contribution in [3.05, 3.63) is 82.7 Å². The van der Waals surface area contributed by atoms with Gasteiger partial charge in [-0.15, -0.1) is 0 Å². The van der Waals surface area contributed by atoms with Gasteiger partial charge < -0.3 is 5.32 Å². The highest BCUT2D eigenvalue weighted by atomic mass is 16.1. The maximum atomic E-state index is 12.9. The van der Waals surface area contributed by atoms with Crippen LogP contribution in [-0.4, -0.2) is 33.7 Å². The standard InChI is InChI=1S/C25H30N4O/c1-19-10-4-7-13-24(19)29-20(2)23(17-27-29)25(30)26-16-21-11-5-6-12-22(21)18-28-14-8-3-9-15-28/h4-7,10-13,17H,3,8-9,14-16,18H2,1-2H3,(H,26,30). The zero-order valence-corrected chi connectivity index (χ0v) is 17.9. The Morgan fingerprint density at radius 1 is 0.967 bits per heavy atom. The van der Waals surface area contributed by atoms with Crippen LogP contribution in [0.4, 0.5) is 0 Å². The minimum atomic E-state index is -0.0832. The Morgan fingerprint density at radius 3 is 2.43 bits per heavy atom. The van der Waals surface area contributed by atoms with Crippen LogP contribution < -0.4 is 5.32 Å². The predicted octanol–water partition coefficient (Wildman–Crippen LogP) is 4.41. The summed E-state index contributed by atoms with van der Waals surface area (Å²) in [7, 11) is 0. The van der Waals surface area contributed by atoms with Crippen LogP contribution in [0.5, 0.6) is 0 Å². The highest BCUT2D eigenvalue weighted by Gasteiger charge is 2.17. The van der Waals surface area contributed by atoms with Crippen molar-refractivity contribution in [3.8, 4) is 5.69 Å². The fourth-order valence-corrected chi connectivity index (χ4v) is 4.19. The molecule has 5 heteroatoms. The lowest BCUT2D eigenvalue weighted by atomic mass is 10.0. The summed E-state index contributed by atoms with van der Waals surface area (Å²) in [5.74, 6) is -0.0832. The fraction of sp³-hybridized carbons (Fsp3) is 0.360. The van der Waals surface area contributed by atoms with Crippen molar-refractivity contribution < 1.29 is 4.79 Å². The van der Waals surface area contributed by atoms with E-state index >= 15 is 0 Å². The number of carbonyl (C=O) groups is 1. The minimum Gasteiger partial charge on any atom is -0.348 e. The van der Waals surface area contributed by atoms with Gasteiger partial charge in [0.2, 0.25) is 0 Å². The molecule has 0 atom stereocenters. The van der Waals surface area contributed by atoms with Gasteiger partial charge >= 0.3 is 0 Å². The maximum Gasteiger partial charge on any atom is 0.255 e. The van der Waals surface area contributed by atoms with Crippen LogP contribution >= 0.6 is 0 Å². The van der Waals surface area contributed by atoms with E-state index in [0.717, 1.165) is 36.6 Å². The number of nitrogens with zero attached hydrogens (tertiary/aromatic N) is 3. The SMILES string of the molecule is Cc1ccccc1-n1ncc(C(=O)NCc2ccccc2CN2CCCCC2)c1C. The third kappa shape index (κ3) is 4.46. The van der Waals surface area contributed by atoms with Crippen molar-refractivity contribution in [1.29, 1.82) is 0 Å². The van der Waals surface area contributed by atoms with Crippen LogP contribution in [0.2, 0.25) is 0 Å². The molecule has 0 bridgehead atoms. The molecule has 5 nitrogen and oxygen atoms in total. The Labute approximate surface area is 178 Å². The fourth-order valence-electron chi connectivity index (χ4n) is 4.19. The average molecular weight is 403 g/mol. The van der Waals surface area contributed by atoms with Crippen LogP contribution in [0.25, 0.3) is 5.69 Å². The van der Waals surface area contributed by atoms with Gasteiger partial charge in [-0.1, -0.05) is 48.9 Å². The first-order valence-electron chi connectivity index (χ1n) is 10.8. The van der Waals surface area contributed by atoms with Crippen molar-refractivity contribution in [2.24, 2.45) is 0 Å². The van der Waals surface area contributed by atoms with Gasteiger partial charge in [0.1, 0.15) is 0 Å². The van der Waals surface area contributed by atoms with E-state index in [1.54, 1.807) is 6.20 Å². The maximum absolute atomic E-state index is 12.9. The Kier molecular flexibility index (Phi) is 6.29. The van der Waals surface area contributed by atoms with Gasteiger partial charge in [0.15, 0.2) is 0 Å². The van der Waals surface area contributed by atoms with Crippen LogP contribution in [0.1, 0.15) is 52.0 Å². The molecule has 0 aliphatic carbocycles. The third-order valence-corrected chi connectivity index (χ3v) is 6.00. The van der Waals surface area contributed by atoms with Gasteiger partial charge in [-0.3, -0.25) is 9.69 Å². The molecule has 1 N–H and O–H groups in total. The predicted molar refractivity (Wildman–Crippen MR) is 120 cm³/mol. The number of hydrogen-bond donors (Lipinski definition) is 1. The summed E-state index contributed by atoms with van der Waals surface area (Å²) in [6.45, 7) is 7.80. The Morgan fingerprint density at radius 2 is 1.67 bits per heavy atom. The number of aryl methyl sites for hydroxylation is 1. The summed E-state index contributed by atoms with van der Waals surface area (Å²) < 4.78 is 1.84. The zero-order chi connectivity index (χ0) is 20.9. The summed E-state index contributed by atoms with van der Waals surface area (Å²) in [6.07, 6.45) is 5.56. The lowest BCUT2D eigenvalue weighted by Crippen LogP contribution is -2.30. The molecular formula is C25H30N4O. The first-order chi connectivity index (χ1) is 14.6. The van der Waals surface area contributed by atoms with Crippen molar-refractivity contribution in [3.63, 3.8) is 0 Å². The van der Waals surface area contributed by atoms with Gasteiger partial charge in [0, 0.05) is 13.1 Å². The number of benzene rings is 2. The van der Waals surface area contributed by atoms with Crippen molar-refractivity contribution in [2.75, 3.05) is 13.1 Å². The highest BCUT2D eigenvalue weighted by molar-refractivity contribution is 5.95. The van der Waals surface area contributed by atoms with Gasteiger partial charge in [0.05, 0.1) is 23.1 Å². The molecule has 2 heterocycles. The van der Waals surface area contributed by atoms with Crippen molar-refractivity contribution in [1.82, 2.24) is 20.0 Å². The second-order valence-corrected chi connectivity index (χ2v) is 8.13. The van der Waals surface area contributed by atoms with E-state index in [0.29, 0.717) is 12.1 Å². The van der Waals surface area contributed by atoms with Crippen LogP contribution in [-0.2, 0) is 13.1 Å². The zero-order valence-electron chi connectivity index (χ0n) is 17.9. The lowest BCUT2D eigenvalue weighted by molar-refractivity contribution is 0.0950. The number of para-hydroxylation sites is 1. The molecule has 1 amide bonds. The highest BCUT2D eigenvalue weighted by Crippen LogP contribution is 2.19. The second kappa shape index (κ2) is 9.26. The van der Waals surface area contributed by atoms with E-state index in [1.807, 2.05) is 35.9 Å². The number of carbonyl (C=O) groups excluding carboxylic acids is 1. The van der Waals surface area contributed by atoms with Crippen molar-refractivity contribution >= 4 is 5.91 Å². The molecule has 0 unspecified atom stereocenters. The molecule has 0 radical (unpaired) electrons. The summed E-state index contributed by atoms with van der Waals surface area (Å²) in [5, 5.41) is 7.57. The molecule has 4 rings (SSSR count). The first kappa shape index (κ1) is 20.4. The van der Waals surface area contributed by atoms with E-state index in [-0.39, 0.29) is 5.91 Å². The number of likely N-dealkylation sites (tertiary alicyclic amines) is 1. The van der Waals surface area contributed by atoms with Gasteiger partial charge in [0.25, 0.3) is 5.91 Å². The number of piperidine rings is 1. The molecule has 0 spiro atoms. The molecule has 156 valence electrons. The third-order valence-electron chi connectivity index (χ3n) is 6.00. The van der Waals surface area contributed by atoms with E-state index in [2.05, 4.69) is 46.5 Å². The summed E-state index contributed by atoms with van der Waals surface area (Å²) in [4.78, 5) is 15.4. The number of amides is 1. The van der Waals surface area contributed by atoms with Crippen LogP contribution in [0, 0.1) is 13.8 Å². The van der Waals surface area contributed by atoms with Crippen LogP contribution in [0.3, 0.4) is 0 Å². The summed E-state index contributed by atoms with van der Waals surface area (Å²) >= 11 is 0. The largest absolute Gasteiger partial charge is 0.348 e. The molecular weight excluding hydrogens is 372 g/mol. The van der Waals surface area contributed by atoms with Crippen LogP contribution in [0.15, 0.2) is 54.7 Å². The Hall–Kier alpha value is -2.92. The average Bonchev–Trinajstić information content (AvgIpc) is 3.15. The molecule has 30 heavy (non-hydrogen) atoms. The van der Waals surface area contributed by atoms with Gasteiger partial charge in [-0.25, -0.2) is 4.68 Å². The van der Waals surface area contributed by atoms with E-state index < -0.39 is 0 Å². The molecule has 2 aromatic carbocycles. The molecule has 3 aromatic rings. The Balaban J connectivity index is 1.45. The van der Waals surface area contributed by atoms with E-state index in [4.69, 9.17) is 0 Å². The normalized spacial score (nSPS) is 14.6. The number of aromatic nitrogens is 2. The van der Waals surface area contributed by atoms with E-state index in [9.17, 15) is 4.79 Å². The lowest BCUT2D eigenvalue weighted by Gasteiger charge is -2.27. The number of nitrogens with one attached hydrogen (secondary N) is 1. The first-order valence-corrected chi connectivity index (χ1v) is 10.8. The monoisotopic (exact) mass is 402 g/mol. The molecule has 1 fully saturated rings. The smallest absolute Gasteiger partial charge is 0.255 e. The molecule has 1 aliphatic rings. The Bertz CT molecular complexity index is 1020. The van der Waals surface area contributed by atoms with Gasteiger partial charge in [-0.2, -0.15) is 5.10 Å². The molecule has 1 aliphatic heterocycles. The molecule has 0 saturated carbocycles. The summed E-state index contributed by atoms with van der Waals surface area (Å²) in [5.41, 5.74) is 6.07. The summed E-state index contributed by atoms with van der Waals surface area (Å²) in [6, 6.07) is 16.5. The van der Waals surface area contributed by atoms with Gasteiger partial charge in [-0.05, 0) is 62.5 Å². The minimum absolute atomic E-state index is 0.0832.